The number of aliphatic hydroxyl groups excluding tert-OH is 1. The molecule has 1 heterocycles. The van der Waals surface area contributed by atoms with E-state index >= 15 is 0 Å². The van der Waals surface area contributed by atoms with Gasteiger partial charge in [0, 0.05) is 12.6 Å². The van der Waals surface area contributed by atoms with E-state index in [0.29, 0.717) is 19.2 Å². The van der Waals surface area contributed by atoms with Crippen LogP contribution in [0, 0.1) is 0 Å². The van der Waals surface area contributed by atoms with Gasteiger partial charge in [-0.05, 0) is 38.4 Å². The highest BCUT2D eigenvalue weighted by molar-refractivity contribution is 5.20. The lowest BCUT2D eigenvalue weighted by atomic mass is 10.0. The fourth-order valence-corrected chi connectivity index (χ4v) is 2.46. The lowest BCUT2D eigenvalue weighted by molar-refractivity contribution is 0.0438. The third-order valence-electron chi connectivity index (χ3n) is 3.57. The van der Waals surface area contributed by atoms with Crippen LogP contribution >= 0.6 is 0 Å². The molecule has 0 aliphatic carbocycles. The van der Waals surface area contributed by atoms with Crippen LogP contribution in [0.4, 0.5) is 0 Å². The summed E-state index contributed by atoms with van der Waals surface area (Å²) in [7, 11) is 0. The Balaban J connectivity index is 1.73. The minimum atomic E-state index is -0.411. The molecule has 1 aromatic carbocycles. The van der Waals surface area contributed by atoms with Gasteiger partial charge in [-0.3, -0.25) is 4.90 Å². The quantitative estimate of drug-likeness (QED) is 0.869. The molecule has 0 amide bonds. The van der Waals surface area contributed by atoms with Crippen molar-refractivity contribution in [2.24, 2.45) is 0 Å². The maximum absolute atomic E-state index is 10.0. The number of rotatable bonds is 5. The molecule has 18 heavy (non-hydrogen) atoms. The van der Waals surface area contributed by atoms with Gasteiger partial charge >= 0.3 is 0 Å². The van der Waals surface area contributed by atoms with Crippen molar-refractivity contribution in [2.45, 2.75) is 38.3 Å². The molecule has 2 rings (SSSR count). The van der Waals surface area contributed by atoms with E-state index in [9.17, 15) is 5.11 Å². The van der Waals surface area contributed by atoms with E-state index in [0.717, 1.165) is 12.3 Å². The average Bonchev–Trinajstić information content (AvgIpc) is 2.40. The highest BCUT2D eigenvalue weighted by Crippen LogP contribution is 2.16. The van der Waals surface area contributed by atoms with Gasteiger partial charge in [0.25, 0.3) is 0 Å². The van der Waals surface area contributed by atoms with Crippen LogP contribution < -0.4 is 4.74 Å². The molecule has 0 aromatic heterocycles. The Hall–Kier alpha value is -1.06. The van der Waals surface area contributed by atoms with Crippen molar-refractivity contribution in [2.75, 3.05) is 19.7 Å². The molecule has 1 aromatic rings. The summed E-state index contributed by atoms with van der Waals surface area (Å²) in [6, 6.07) is 10.2. The Morgan fingerprint density at radius 2 is 2.11 bits per heavy atom. The molecule has 0 radical (unpaired) electrons. The summed E-state index contributed by atoms with van der Waals surface area (Å²) in [5, 5.41) is 10.0. The van der Waals surface area contributed by atoms with E-state index in [1.807, 2.05) is 30.3 Å². The van der Waals surface area contributed by atoms with Gasteiger partial charge < -0.3 is 9.84 Å². The number of hydrogen-bond acceptors (Lipinski definition) is 3. The second-order valence-corrected chi connectivity index (χ2v) is 5.12. The van der Waals surface area contributed by atoms with Crippen LogP contribution in [-0.4, -0.2) is 41.8 Å². The van der Waals surface area contributed by atoms with Gasteiger partial charge in [0.05, 0.1) is 0 Å². The minimum Gasteiger partial charge on any atom is -0.491 e. The number of benzene rings is 1. The fraction of sp³-hybridized carbons (Fsp3) is 0.600. The lowest BCUT2D eigenvalue weighted by Crippen LogP contribution is -2.43. The molecule has 0 unspecified atom stereocenters. The second-order valence-electron chi connectivity index (χ2n) is 5.12. The number of aliphatic hydroxyl groups is 1. The summed E-state index contributed by atoms with van der Waals surface area (Å²) >= 11 is 0. The third-order valence-corrected chi connectivity index (χ3v) is 3.57. The topological polar surface area (TPSA) is 32.7 Å². The predicted octanol–water partition coefficient (Wildman–Crippen LogP) is 2.30. The number of β-amino-alcohol motifs (C(OH)–C–C–N with tert-alkyl or cyclic N) is 1. The molecule has 2 atom stereocenters. The van der Waals surface area contributed by atoms with Crippen molar-refractivity contribution in [1.29, 1.82) is 0 Å². The summed E-state index contributed by atoms with van der Waals surface area (Å²) in [4.78, 5) is 2.36. The van der Waals surface area contributed by atoms with Crippen LogP contribution in [0.15, 0.2) is 30.3 Å². The summed E-state index contributed by atoms with van der Waals surface area (Å²) < 4.78 is 5.57. The number of piperidine rings is 1. The fourth-order valence-electron chi connectivity index (χ4n) is 2.46. The first-order valence-electron chi connectivity index (χ1n) is 6.85. The molecule has 3 nitrogen and oxygen atoms in total. The van der Waals surface area contributed by atoms with Gasteiger partial charge in [-0.1, -0.05) is 24.6 Å². The highest BCUT2D eigenvalue weighted by atomic mass is 16.5. The average molecular weight is 249 g/mol. The standard InChI is InChI=1S/C15H23NO2/c1-13-7-5-6-10-16(13)11-14(17)12-18-15-8-3-2-4-9-15/h2-4,8-9,13-14,17H,5-7,10-12H2,1H3/t13-,14+/m0/s1. The van der Waals surface area contributed by atoms with E-state index in [2.05, 4.69) is 11.8 Å². The van der Waals surface area contributed by atoms with Crippen molar-refractivity contribution in [3.8, 4) is 5.75 Å². The Kier molecular flexibility index (Phi) is 5.02. The third kappa shape index (κ3) is 4.00. The smallest absolute Gasteiger partial charge is 0.119 e. The zero-order chi connectivity index (χ0) is 12.8. The number of para-hydroxylation sites is 1. The Labute approximate surface area is 109 Å². The Morgan fingerprint density at radius 1 is 1.33 bits per heavy atom. The molecule has 100 valence electrons. The Morgan fingerprint density at radius 3 is 2.83 bits per heavy atom. The van der Waals surface area contributed by atoms with Crippen molar-refractivity contribution >= 4 is 0 Å². The molecule has 1 N–H and O–H groups in total. The Bertz CT molecular complexity index is 342. The normalized spacial score (nSPS) is 22.7. The predicted molar refractivity (Wildman–Crippen MR) is 72.8 cm³/mol. The first kappa shape index (κ1) is 13.4. The monoisotopic (exact) mass is 249 g/mol. The van der Waals surface area contributed by atoms with E-state index in [1.165, 1.54) is 19.3 Å². The first-order chi connectivity index (χ1) is 8.75. The maximum Gasteiger partial charge on any atom is 0.119 e. The lowest BCUT2D eigenvalue weighted by Gasteiger charge is -2.34. The zero-order valence-electron chi connectivity index (χ0n) is 11.1. The second kappa shape index (κ2) is 6.76. The first-order valence-corrected chi connectivity index (χ1v) is 6.85. The molecule has 1 aliphatic rings. The van der Waals surface area contributed by atoms with Crippen LogP contribution in [0.3, 0.4) is 0 Å². The van der Waals surface area contributed by atoms with Gasteiger partial charge in [0.1, 0.15) is 18.5 Å². The van der Waals surface area contributed by atoms with E-state index < -0.39 is 6.10 Å². The SMILES string of the molecule is C[C@H]1CCCCN1C[C@@H](O)COc1ccccc1. The molecule has 1 aliphatic heterocycles. The summed E-state index contributed by atoms with van der Waals surface area (Å²) in [5.74, 6) is 0.822. The van der Waals surface area contributed by atoms with Crippen LogP contribution in [0.1, 0.15) is 26.2 Å². The number of hydrogen-bond donors (Lipinski definition) is 1. The molecule has 1 saturated heterocycles. The van der Waals surface area contributed by atoms with E-state index in [4.69, 9.17) is 4.74 Å². The number of likely N-dealkylation sites (tertiary alicyclic amines) is 1. The van der Waals surface area contributed by atoms with Crippen molar-refractivity contribution in [3.63, 3.8) is 0 Å². The van der Waals surface area contributed by atoms with Crippen molar-refractivity contribution in [1.82, 2.24) is 4.90 Å². The van der Waals surface area contributed by atoms with Crippen LogP contribution in [-0.2, 0) is 0 Å². The van der Waals surface area contributed by atoms with E-state index in [-0.39, 0.29) is 0 Å². The largest absolute Gasteiger partial charge is 0.491 e. The number of ether oxygens (including phenoxy) is 1. The molecule has 0 saturated carbocycles. The molecular formula is C15H23NO2. The summed E-state index contributed by atoms with van der Waals surface area (Å²) in [6.45, 7) is 4.43. The van der Waals surface area contributed by atoms with Gasteiger partial charge in [0.2, 0.25) is 0 Å². The molecule has 3 heteroatoms. The molecule has 0 bridgehead atoms. The van der Waals surface area contributed by atoms with Gasteiger partial charge in [-0.15, -0.1) is 0 Å². The molecule has 1 fully saturated rings. The van der Waals surface area contributed by atoms with Crippen LogP contribution in [0.5, 0.6) is 5.75 Å². The molecule has 0 spiro atoms. The van der Waals surface area contributed by atoms with Crippen LogP contribution in [0.2, 0.25) is 0 Å². The van der Waals surface area contributed by atoms with Crippen molar-refractivity contribution in [3.05, 3.63) is 30.3 Å². The van der Waals surface area contributed by atoms with Crippen molar-refractivity contribution < 1.29 is 9.84 Å². The van der Waals surface area contributed by atoms with E-state index in [1.54, 1.807) is 0 Å². The minimum absolute atomic E-state index is 0.368. The zero-order valence-corrected chi connectivity index (χ0v) is 11.1. The van der Waals surface area contributed by atoms with Gasteiger partial charge in [-0.2, -0.15) is 0 Å². The van der Waals surface area contributed by atoms with Crippen LogP contribution in [0.25, 0.3) is 0 Å². The van der Waals surface area contributed by atoms with Gasteiger partial charge in [-0.25, -0.2) is 0 Å². The summed E-state index contributed by atoms with van der Waals surface area (Å²) in [5.41, 5.74) is 0. The maximum atomic E-state index is 10.0. The number of nitrogens with zero attached hydrogens (tertiary/aromatic N) is 1. The van der Waals surface area contributed by atoms with Gasteiger partial charge in [0.15, 0.2) is 0 Å². The molecular weight excluding hydrogens is 226 g/mol. The summed E-state index contributed by atoms with van der Waals surface area (Å²) in [6.07, 6.45) is 3.39. The highest BCUT2D eigenvalue weighted by Gasteiger charge is 2.20.